The Bertz CT molecular complexity index is 644. The molecule has 156 valence electrons. The van der Waals surface area contributed by atoms with Gasteiger partial charge in [-0.25, -0.2) is 0 Å². The van der Waals surface area contributed by atoms with E-state index in [0.717, 1.165) is 0 Å². The Labute approximate surface area is 152 Å². The normalized spacial score (nSPS) is 23.0. The summed E-state index contributed by atoms with van der Waals surface area (Å²) in [7, 11) is 0. The number of hydrogen-bond acceptors (Lipinski definition) is 4. The highest BCUT2D eigenvalue weighted by Crippen LogP contribution is 2.71. The number of rotatable bonds is 8. The van der Waals surface area contributed by atoms with Crippen LogP contribution >= 0.6 is 11.6 Å². The molecule has 0 unspecified atom stereocenters. The summed E-state index contributed by atoms with van der Waals surface area (Å²) < 4.78 is 113. The van der Waals surface area contributed by atoms with Gasteiger partial charge in [0.1, 0.15) is 17.0 Å². The molecule has 0 aliphatic heterocycles. The van der Waals surface area contributed by atoms with Gasteiger partial charge in [0.25, 0.3) is 0 Å². The summed E-state index contributed by atoms with van der Waals surface area (Å²) in [5, 5.41) is -6.09. The number of ketones is 2. The molecule has 13 heteroatoms. The Kier molecular flexibility index (Phi) is 5.73. The third-order valence-corrected chi connectivity index (χ3v) is 4.71. The minimum absolute atomic E-state index is 0.480. The van der Waals surface area contributed by atoms with Gasteiger partial charge >= 0.3 is 29.1 Å². The average Bonchev–Trinajstić information content (AvgIpc) is 3.18. The van der Waals surface area contributed by atoms with Crippen molar-refractivity contribution < 1.29 is 54.2 Å². The lowest BCUT2D eigenvalue weighted by atomic mass is 9.88. The van der Waals surface area contributed by atoms with Crippen molar-refractivity contribution in [3.05, 3.63) is 0 Å². The summed E-state index contributed by atoms with van der Waals surface area (Å²) in [4.78, 5) is 35.3. The number of carbonyl (C=O) groups is 3. The van der Waals surface area contributed by atoms with Gasteiger partial charge in [-0.15, -0.1) is 0 Å². The fourth-order valence-corrected chi connectivity index (χ4v) is 3.26. The van der Waals surface area contributed by atoms with E-state index < -0.39 is 64.5 Å². The van der Waals surface area contributed by atoms with E-state index in [1.165, 1.54) is 6.92 Å². The van der Waals surface area contributed by atoms with Crippen LogP contribution in [0.25, 0.3) is 0 Å². The van der Waals surface area contributed by atoms with Gasteiger partial charge in [0.05, 0.1) is 18.4 Å². The van der Waals surface area contributed by atoms with Crippen LogP contribution in [0.2, 0.25) is 0 Å². The molecule has 4 nitrogen and oxygen atoms in total. The zero-order valence-corrected chi connectivity index (χ0v) is 14.7. The molecule has 1 fully saturated rings. The highest BCUT2D eigenvalue weighted by atomic mass is 35.5. The van der Waals surface area contributed by atoms with Crippen molar-refractivity contribution in [2.45, 2.75) is 43.9 Å². The Balaban J connectivity index is 3.61. The van der Waals surface area contributed by atoms with Crippen LogP contribution in [-0.4, -0.2) is 47.3 Å². The summed E-state index contributed by atoms with van der Waals surface area (Å²) in [6, 6.07) is 0. The largest absolute Gasteiger partial charge is 0.466 e. The van der Waals surface area contributed by atoms with Crippen LogP contribution in [0, 0.1) is 17.3 Å². The van der Waals surface area contributed by atoms with E-state index in [-0.39, 0.29) is 0 Å². The standard InChI is InChI=1S/C14H13ClF8O4/c1-4-27-9(26)7-8(10(7,5(2)24)6(3)25)11(16,17)12(18,19)13(20,21)14(15,22)23/h7-8H,4H2,1-3H3/t7-,8+/m0/s1. The summed E-state index contributed by atoms with van der Waals surface area (Å²) in [6.45, 7) is 1.69. The molecule has 1 aliphatic rings. The average molecular weight is 433 g/mol. The molecule has 0 N–H and O–H groups in total. The first kappa shape index (κ1) is 23.6. The smallest absolute Gasteiger partial charge is 0.392 e. The van der Waals surface area contributed by atoms with E-state index in [0.29, 0.717) is 13.8 Å². The van der Waals surface area contributed by atoms with Crippen molar-refractivity contribution in [2.75, 3.05) is 6.61 Å². The van der Waals surface area contributed by atoms with Crippen molar-refractivity contribution >= 4 is 29.1 Å². The van der Waals surface area contributed by atoms with E-state index in [1.807, 2.05) is 0 Å². The number of hydrogen-bond donors (Lipinski definition) is 0. The van der Waals surface area contributed by atoms with E-state index in [9.17, 15) is 49.5 Å². The van der Waals surface area contributed by atoms with E-state index in [1.54, 1.807) is 0 Å². The van der Waals surface area contributed by atoms with Crippen LogP contribution in [-0.2, 0) is 19.1 Å². The van der Waals surface area contributed by atoms with Crippen LogP contribution < -0.4 is 0 Å². The maximum atomic E-state index is 14.3. The predicted molar refractivity (Wildman–Crippen MR) is 73.0 cm³/mol. The zero-order chi connectivity index (χ0) is 21.8. The number of Topliss-reactive ketones (excluding diaryl/α,β-unsaturated/α-hetero) is 2. The van der Waals surface area contributed by atoms with Crippen molar-refractivity contribution in [2.24, 2.45) is 17.3 Å². The van der Waals surface area contributed by atoms with Crippen molar-refractivity contribution in [1.82, 2.24) is 0 Å². The molecular formula is C14H13ClF8O4. The molecule has 0 heterocycles. The van der Waals surface area contributed by atoms with Gasteiger partial charge in [-0.3, -0.25) is 14.4 Å². The zero-order valence-electron chi connectivity index (χ0n) is 13.9. The van der Waals surface area contributed by atoms with Gasteiger partial charge in [0.2, 0.25) is 0 Å². The van der Waals surface area contributed by atoms with Crippen LogP contribution in [0.15, 0.2) is 0 Å². The number of carbonyl (C=O) groups excluding carboxylic acids is 3. The minimum atomic E-state index is -6.81. The topological polar surface area (TPSA) is 60.4 Å². The molecule has 2 atom stereocenters. The molecule has 1 aliphatic carbocycles. The molecule has 1 rings (SSSR count). The molecule has 0 amide bonds. The first-order chi connectivity index (χ1) is 11.9. The molecule has 0 aromatic rings. The molecule has 0 saturated heterocycles. The van der Waals surface area contributed by atoms with Crippen LogP contribution in [0.5, 0.6) is 0 Å². The number of ether oxygens (including phenoxy) is 1. The lowest BCUT2D eigenvalue weighted by molar-refractivity contribution is -0.354. The monoisotopic (exact) mass is 432 g/mol. The van der Waals surface area contributed by atoms with Gasteiger partial charge in [-0.2, -0.15) is 35.1 Å². The second kappa shape index (κ2) is 6.56. The fraction of sp³-hybridized carbons (Fsp3) is 0.786. The molecule has 0 aromatic heterocycles. The number of alkyl halides is 9. The third kappa shape index (κ3) is 2.99. The fourth-order valence-electron chi connectivity index (χ4n) is 3.14. The SMILES string of the molecule is CCOC(=O)[C@@H]1[C@@H](C(F)(F)C(F)(F)C(F)(F)C(F)(F)Cl)C1(C(C)=O)C(C)=O. The molecule has 0 spiro atoms. The van der Waals surface area contributed by atoms with Gasteiger partial charge in [-0.05, 0) is 32.4 Å². The summed E-state index contributed by atoms with van der Waals surface area (Å²) in [5.74, 6) is -30.3. The molecule has 0 aromatic carbocycles. The summed E-state index contributed by atoms with van der Waals surface area (Å²) in [6.07, 6.45) is 0. The van der Waals surface area contributed by atoms with Crippen molar-refractivity contribution in [1.29, 1.82) is 0 Å². The van der Waals surface area contributed by atoms with E-state index in [4.69, 9.17) is 0 Å². The van der Waals surface area contributed by atoms with Crippen molar-refractivity contribution in [3.63, 3.8) is 0 Å². The second-order valence-electron chi connectivity index (χ2n) is 5.96. The molecule has 0 bridgehead atoms. The van der Waals surface area contributed by atoms with Gasteiger partial charge in [-0.1, -0.05) is 0 Å². The van der Waals surface area contributed by atoms with E-state index >= 15 is 0 Å². The molecule has 0 radical (unpaired) electrons. The maximum Gasteiger partial charge on any atom is 0.392 e. The second-order valence-corrected chi connectivity index (χ2v) is 6.43. The Morgan fingerprint density at radius 1 is 0.926 bits per heavy atom. The van der Waals surface area contributed by atoms with Crippen LogP contribution in [0.3, 0.4) is 0 Å². The minimum Gasteiger partial charge on any atom is -0.466 e. The Morgan fingerprint density at radius 3 is 1.63 bits per heavy atom. The molecule has 1 saturated carbocycles. The first-order valence-electron chi connectivity index (χ1n) is 7.25. The number of esters is 1. The van der Waals surface area contributed by atoms with Gasteiger partial charge in [0.15, 0.2) is 0 Å². The lowest BCUT2D eigenvalue weighted by Gasteiger charge is -2.35. The third-order valence-electron chi connectivity index (χ3n) is 4.47. The van der Waals surface area contributed by atoms with Gasteiger partial charge in [0, 0.05) is 0 Å². The quantitative estimate of drug-likeness (QED) is 0.254. The Hall–Kier alpha value is -1.46. The van der Waals surface area contributed by atoms with E-state index in [2.05, 4.69) is 16.3 Å². The summed E-state index contributed by atoms with van der Waals surface area (Å²) >= 11 is 3.86. The highest BCUT2D eigenvalue weighted by molar-refractivity contribution is 6.22. The highest BCUT2D eigenvalue weighted by Gasteiger charge is 2.91. The predicted octanol–water partition coefficient (Wildman–Crippen LogP) is 3.70. The van der Waals surface area contributed by atoms with Crippen LogP contribution in [0.4, 0.5) is 35.1 Å². The first-order valence-corrected chi connectivity index (χ1v) is 7.63. The van der Waals surface area contributed by atoms with Gasteiger partial charge < -0.3 is 4.74 Å². The molecule has 27 heavy (non-hydrogen) atoms. The Morgan fingerprint density at radius 2 is 1.33 bits per heavy atom. The number of halogens is 9. The molecular weight excluding hydrogens is 420 g/mol. The van der Waals surface area contributed by atoms with Crippen LogP contribution in [0.1, 0.15) is 20.8 Å². The summed E-state index contributed by atoms with van der Waals surface area (Å²) in [5.41, 5.74) is -3.11. The maximum absolute atomic E-state index is 14.3. The lowest BCUT2D eigenvalue weighted by Crippen LogP contribution is -2.62. The van der Waals surface area contributed by atoms with Crippen molar-refractivity contribution in [3.8, 4) is 0 Å².